The molecule has 0 unspecified atom stereocenters. The lowest BCUT2D eigenvalue weighted by molar-refractivity contribution is 0.174. The van der Waals surface area contributed by atoms with E-state index in [4.69, 9.17) is 14.0 Å². The Kier molecular flexibility index (Phi) is 4.21. The number of ether oxygens (including phenoxy) is 2. The maximum absolute atomic E-state index is 5.45. The molecule has 29 heavy (non-hydrogen) atoms. The van der Waals surface area contributed by atoms with Crippen LogP contribution in [0.4, 0.5) is 23.1 Å². The highest BCUT2D eigenvalue weighted by Gasteiger charge is 2.14. The van der Waals surface area contributed by atoms with E-state index >= 15 is 0 Å². The minimum absolute atomic E-state index is 0.232. The van der Waals surface area contributed by atoms with Gasteiger partial charge in [-0.25, -0.2) is 9.97 Å². The first kappa shape index (κ1) is 17.1. The lowest BCUT2D eigenvalue weighted by atomic mass is 10.2. The van der Waals surface area contributed by atoms with Gasteiger partial charge in [0.15, 0.2) is 23.1 Å². The summed E-state index contributed by atoms with van der Waals surface area (Å²) in [5.74, 6) is 4.52. The molecule has 0 saturated heterocycles. The molecule has 1 aliphatic rings. The van der Waals surface area contributed by atoms with Crippen LogP contribution in [-0.2, 0) is 0 Å². The average molecular weight is 387 g/mol. The fraction of sp³-hybridized carbons (Fsp3) is 0.0952. The van der Waals surface area contributed by atoms with Gasteiger partial charge in [0.05, 0.1) is 0 Å². The van der Waals surface area contributed by atoms with E-state index in [1.165, 1.54) is 0 Å². The highest BCUT2D eigenvalue weighted by Crippen LogP contribution is 2.35. The number of aryl methyl sites for hydroxylation is 1. The molecule has 0 spiro atoms. The first-order valence-electron chi connectivity index (χ1n) is 9.04. The molecule has 1 aliphatic heterocycles. The maximum atomic E-state index is 5.45. The molecule has 0 fully saturated rings. The fourth-order valence-corrected chi connectivity index (χ4v) is 2.97. The monoisotopic (exact) mass is 387 g/mol. The van der Waals surface area contributed by atoms with Gasteiger partial charge in [-0.05, 0) is 19.1 Å². The topological polar surface area (TPSA) is 94.3 Å². The average Bonchev–Trinajstić information content (AvgIpc) is 3.37. The number of hydrogen-bond acceptors (Lipinski definition) is 8. The largest absolute Gasteiger partial charge is 0.454 e. The van der Waals surface area contributed by atoms with Gasteiger partial charge in [0.1, 0.15) is 17.4 Å². The predicted octanol–water partition coefficient (Wildman–Crippen LogP) is 4.66. The van der Waals surface area contributed by atoms with Gasteiger partial charge in [-0.3, -0.25) is 0 Å². The Bertz CT molecular complexity index is 1160. The van der Waals surface area contributed by atoms with Crippen molar-refractivity contribution in [3.8, 4) is 22.9 Å². The van der Waals surface area contributed by atoms with Gasteiger partial charge >= 0.3 is 0 Å². The summed E-state index contributed by atoms with van der Waals surface area (Å²) < 4.78 is 15.9. The van der Waals surface area contributed by atoms with Crippen molar-refractivity contribution in [2.24, 2.45) is 0 Å². The van der Waals surface area contributed by atoms with Crippen LogP contribution >= 0.6 is 0 Å². The summed E-state index contributed by atoms with van der Waals surface area (Å²) in [7, 11) is 0. The van der Waals surface area contributed by atoms with Crippen LogP contribution in [0.25, 0.3) is 11.4 Å². The van der Waals surface area contributed by atoms with Gasteiger partial charge in [0.25, 0.3) is 0 Å². The van der Waals surface area contributed by atoms with E-state index < -0.39 is 0 Å². The molecule has 0 radical (unpaired) electrons. The summed E-state index contributed by atoms with van der Waals surface area (Å²) in [6.07, 6.45) is 0. The Hall–Kier alpha value is -4.07. The lowest BCUT2D eigenvalue weighted by Gasteiger charge is -2.11. The van der Waals surface area contributed by atoms with Gasteiger partial charge in [-0.15, -0.1) is 0 Å². The SMILES string of the molecule is Cc1cc(Nc2cc(Nc3ccc4c(c3)OCO4)nc(-c3ccccc3)n2)no1. The fourth-order valence-electron chi connectivity index (χ4n) is 2.97. The highest BCUT2D eigenvalue weighted by atomic mass is 16.7. The zero-order chi connectivity index (χ0) is 19.6. The van der Waals surface area contributed by atoms with Crippen LogP contribution in [-0.4, -0.2) is 21.9 Å². The molecular formula is C21H17N5O3. The van der Waals surface area contributed by atoms with Crippen LogP contribution in [0.1, 0.15) is 5.76 Å². The van der Waals surface area contributed by atoms with Crippen molar-refractivity contribution in [3.63, 3.8) is 0 Å². The molecule has 8 heteroatoms. The second-order valence-corrected chi connectivity index (χ2v) is 6.47. The van der Waals surface area contributed by atoms with Crippen LogP contribution in [0.2, 0.25) is 0 Å². The Morgan fingerprint density at radius 3 is 2.38 bits per heavy atom. The predicted molar refractivity (Wildman–Crippen MR) is 108 cm³/mol. The van der Waals surface area contributed by atoms with Crippen LogP contribution in [0.3, 0.4) is 0 Å². The molecule has 0 atom stereocenters. The minimum atomic E-state index is 0.232. The molecule has 3 heterocycles. The molecule has 144 valence electrons. The lowest BCUT2D eigenvalue weighted by Crippen LogP contribution is -2.02. The van der Waals surface area contributed by atoms with Crippen LogP contribution < -0.4 is 20.1 Å². The minimum Gasteiger partial charge on any atom is -0.454 e. The van der Waals surface area contributed by atoms with Crippen molar-refractivity contribution in [2.75, 3.05) is 17.4 Å². The van der Waals surface area contributed by atoms with Crippen molar-refractivity contribution >= 4 is 23.1 Å². The maximum Gasteiger partial charge on any atom is 0.231 e. The van der Waals surface area contributed by atoms with Gasteiger partial charge in [0.2, 0.25) is 6.79 Å². The normalized spacial score (nSPS) is 12.0. The zero-order valence-electron chi connectivity index (χ0n) is 15.5. The molecule has 2 N–H and O–H groups in total. The molecule has 0 aliphatic carbocycles. The number of anilines is 4. The number of hydrogen-bond donors (Lipinski definition) is 2. The van der Waals surface area contributed by atoms with Crippen molar-refractivity contribution < 1.29 is 14.0 Å². The Balaban J connectivity index is 1.50. The second kappa shape index (κ2) is 7.16. The van der Waals surface area contributed by atoms with Gasteiger partial charge in [-0.1, -0.05) is 35.5 Å². The third kappa shape index (κ3) is 3.68. The van der Waals surface area contributed by atoms with Crippen LogP contribution in [0, 0.1) is 6.92 Å². The smallest absolute Gasteiger partial charge is 0.231 e. The van der Waals surface area contributed by atoms with Gasteiger partial charge in [-0.2, -0.15) is 0 Å². The van der Waals surface area contributed by atoms with Crippen molar-refractivity contribution in [1.82, 2.24) is 15.1 Å². The number of nitrogens with zero attached hydrogens (tertiary/aromatic N) is 3. The van der Waals surface area contributed by atoms with E-state index in [0.717, 1.165) is 17.0 Å². The third-order valence-electron chi connectivity index (χ3n) is 4.29. The van der Waals surface area contributed by atoms with Gasteiger partial charge < -0.3 is 24.6 Å². The standard InChI is InChI=1S/C21H17N5O3/c1-13-9-20(26-29-13)23-19-11-18(24-21(25-19)14-5-3-2-4-6-14)22-15-7-8-16-17(10-15)28-12-27-16/h2-11H,12H2,1H3,(H2,22,23,24,25,26). The summed E-state index contributed by atoms with van der Waals surface area (Å²) in [5.41, 5.74) is 1.73. The van der Waals surface area contributed by atoms with E-state index in [0.29, 0.717) is 34.8 Å². The summed E-state index contributed by atoms with van der Waals surface area (Å²) >= 11 is 0. The quantitative estimate of drug-likeness (QED) is 0.511. The first-order chi connectivity index (χ1) is 14.2. The molecule has 4 aromatic rings. The number of fused-ring (bicyclic) bond motifs is 1. The molecule has 2 aromatic carbocycles. The molecule has 0 amide bonds. The Labute approximate surface area is 166 Å². The van der Waals surface area contributed by atoms with Crippen molar-refractivity contribution in [1.29, 1.82) is 0 Å². The van der Waals surface area contributed by atoms with E-state index in [9.17, 15) is 0 Å². The van der Waals surface area contributed by atoms with Crippen LogP contribution in [0.5, 0.6) is 11.5 Å². The first-order valence-corrected chi connectivity index (χ1v) is 9.04. The van der Waals surface area contributed by atoms with Crippen molar-refractivity contribution in [3.05, 3.63) is 66.4 Å². The summed E-state index contributed by atoms with van der Waals surface area (Å²) in [6.45, 7) is 2.07. The van der Waals surface area contributed by atoms with Crippen LogP contribution in [0.15, 0.2) is 65.2 Å². The zero-order valence-corrected chi connectivity index (χ0v) is 15.5. The Morgan fingerprint density at radius 2 is 1.59 bits per heavy atom. The number of rotatable bonds is 5. The number of nitrogens with one attached hydrogen (secondary N) is 2. The molecule has 0 saturated carbocycles. The Morgan fingerprint density at radius 1 is 0.793 bits per heavy atom. The molecule has 0 bridgehead atoms. The van der Waals surface area contributed by atoms with E-state index in [2.05, 4.69) is 25.8 Å². The van der Waals surface area contributed by atoms with Crippen molar-refractivity contribution in [2.45, 2.75) is 6.92 Å². The number of benzene rings is 2. The summed E-state index contributed by atoms with van der Waals surface area (Å²) in [5, 5.41) is 10.4. The third-order valence-corrected chi connectivity index (χ3v) is 4.29. The highest BCUT2D eigenvalue weighted by molar-refractivity contribution is 5.68. The molecule has 2 aromatic heterocycles. The van der Waals surface area contributed by atoms with Gasteiger partial charge in [0, 0.05) is 29.4 Å². The molecule has 5 rings (SSSR count). The van der Waals surface area contributed by atoms with E-state index in [1.807, 2.05) is 55.5 Å². The number of aromatic nitrogens is 3. The summed E-state index contributed by atoms with van der Waals surface area (Å²) in [4.78, 5) is 9.28. The van der Waals surface area contributed by atoms with E-state index in [-0.39, 0.29) is 6.79 Å². The molecule has 8 nitrogen and oxygen atoms in total. The second-order valence-electron chi connectivity index (χ2n) is 6.47. The summed E-state index contributed by atoms with van der Waals surface area (Å²) in [6, 6.07) is 19.0. The van der Waals surface area contributed by atoms with E-state index in [1.54, 1.807) is 12.1 Å². The molecular weight excluding hydrogens is 370 g/mol.